The summed E-state index contributed by atoms with van der Waals surface area (Å²) in [5.41, 5.74) is 1.20. The lowest BCUT2D eigenvalue weighted by Gasteiger charge is -2.14. The summed E-state index contributed by atoms with van der Waals surface area (Å²) in [6.07, 6.45) is 2.11. The van der Waals surface area contributed by atoms with Crippen LogP contribution in [0.5, 0.6) is 0 Å². The number of benzene rings is 1. The molecule has 2 nitrogen and oxygen atoms in total. The zero-order chi connectivity index (χ0) is 12.0. The fourth-order valence-electron chi connectivity index (χ4n) is 1.66. The van der Waals surface area contributed by atoms with Gasteiger partial charge in [0, 0.05) is 12.6 Å². The molecule has 3 heteroatoms. The third kappa shape index (κ3) is 3.63. The maximum atomic E-state index is 13.1. The van der Waals surface area contributed by atoms with Crippen molar-refractivity contribution in [3.63, 3.8) is 0 Å². The van der Waals surface area contributed by atoms with E-state index in [1.165, 1.54) is 12.1 Å². The van der Waals surface area contributed by atoms with Crippen molar-refractivity contribution in [2.75, 3.05) is 0 Å². The topological polar surface area (TPSA) is 35.8 Å². The van der Waals surface area contributed by atoms with Gasteiger partial charge in [0.2, 0.25) is 0 Å². The average Bonchev–Trinajstić information content (AvgIpc) is 2.29. The second kappa shape index (κ2) is 6.24. The number of nitriles is 1. The molecular weight excluding hydrogens is 203 g/mol. The number of hydrogen-bond acceptors (Lipinski definition) is 2. The molecule has 0 aliphatic heterocycles. The molecule has 0 amide bonds. The quantitative estimate of drug-likeness (QED) is 0.828. The van der Waals surface area contributed by atoms with Crippen LogP contribution in [0.1, 0.15) is 37.8 Å². The van der Waals surface area contributed by atoms with Crippen LogP contribution in [0.15, 0.2) is 18.2 Å². The van der Waals surface area contributed by atoms with E-state index >= 15 is 0 Å². The van der Waals surface area contributed by atoms with Crippen LogP contribution in [0.3, 0.4) is 0 Å². The van der Waals surface area contributed by atoms with Crippen molar-refractivity contribution in [1.29, 1.82) is 5.26 Å². The van der Waals surface area contributed by atoms with Crippen LogP contribution in [0.2, 0.25) is 0 Å². The lowest BCUT2D eigenvalue weighted by atomic mass is 10.1. The molecule has 0 saturated heterocycles. The highest BCUT2D eigenvalue weighted by Crippen LogP contribution is 2.09. The third-order valence-corrected chi connectivity index (χ3v) is 2.67. The number of hydrogen-bond donors (Lipinski definition) is 1. The van der Waals surface area contributed by atoms with Crippen molar-refractivity contribution in [3.8, 4) is 6.07 Å². The molecular formula is C13H17FN2. The van der Waals surface area contributed by atoms with Gasteiger partial charge in [-0.25, -0.2) is 4.39 Å². The molecule has 0 aliphatic carbocycles. The lowest BCUT2D eigenvalue weighted by Crippen LogP contribution is -2.27. The second-order valence-corrected chi connectivity index (χ2v) is 3.85. The van der Waals surface area contributed by atoms with E-state index in [2.05, 4.69) is 19.2 Å². The van der Waals surface area contributed by atoms with Gasteiger partial charge in [-0.2, -0.15) is 5.26 Å². The van der Waals surface area contributed by atoms with Gasteiger partial charge in [-0.3, -0.25) is 0 Å². The van der Waals surface area contributed by atoms with E-state index < -0.39 is 0 Å². The Morgan fingerprint density at radius 2 is 2.00 bits per heavy atom. The maximum absolute atomic E-state index is 13.1. The Bertz CT molecular complexity index is 378. The zero-order valence-corrected chi connectivity index (χ0v) is 9.76. The number of nitrogens with zero attached hydrogens (tertiary/aromatic N) is 1. The monoisotopic (exact) mass is 220 g/mol. The minimum absolute atomic E-state index is 0.347. The van der Waals surface area contributed by atoms with E-state index in [0.29, 0.717) is 18.2 Å². The van der Waals surface area contributed by atoms with Gasteiger partial charge >= 0.3 is 0 Å². The normalized spacial score (nSPS) is 10.4. The van der Waals surface area contributed by atoms with Crippen molar-refractivity contribution in [3.05, 3.63) is 35.1 Å². The Morgan fingerprint density at radius 1 is 1.31 bits per heavy atom. The molecule has 16 heavy (non-hydrogen) atoms. The van der Waals surface area contributed by atoms with Gasteiger partial charge in [0.1, 0.15) is 5.82 Å². The van der Waals surface area contributed by atoms with Crippen molar-refractivity contribution >= 4 is 0 Å². The largest absolute Gasteiger partial charge is 0.310 e. The lowest BCUT2D eigenvalue weighted by molar-refractivity contribution is 0.483. The van der Waals surface area contributed by atoms with Gasteiger partial charge < -0.3 is 5.32 Å². The molecule has 1 aromatic rings. The molecule has 1 rings (SSSR count). The molecule has 0 atom stereocenters. The first-order chi connectivity index (χ1) is 7.69. The van der Waals surface area contributed by atoms with E-state index in [1.807, 2.05) is 6.07 Å². The first kappa shape index (κ1) is 12.7. The van der Waals surface area contributed by atoms with E-state index in [-0.39, 0.29) is 5.82 Å². The van der Waals surface area contributed by atoms with Crippen molar-refractivity contribution in [2.24, 2.45) is 0 Å². The predicted molar refractivity (Wildman–Crippen MR) is 62.3 cm³/mol. The van der Waals surface area contributed by atoms with Gasteiger partial charge in [-0.15, -0.1) is 0 Å². The highest BCUT2D eigenvalue weighted by molar-refractivity contribution is 5.33. The molecule has 0 unspecified atom stereocenters. The van der Waals surface area contributed by atoms with Crippen LogP contribution in [0.25, 0.3) is 0 Å². The minimum atomic E-state index is -0.347. The van der Waals surface area contributed by atoms with Crippen molar-refractivity contribution in [2.45, 2.75) is 39.3 Å². The van der Waals surface area contributed by atoms with Crippen LogP contribution < -0.4 is 5.32 Å². The van der Waals surface area contributed by atoms with Crippen LogP contribution in [0, 0.1) is 17.1 Å². The van der Waals surface area contributed by atoms with Gasteiger partial charge in [0.05, 0.1) is 11.6 Å². The number of nitrogens with one attached hydrogen (secondary N) is 1. The fourth-order valence-corrected chi connectivity index (χ4v) is 1.66. The standard InChI is InChI=1S/C13H17FN2/c1-3-13(4-2)16-9-11-5-10(8-15)6-12(14)7-11/h5-7,13,16H,3-4,9H2,1-2H3. The third-order valence-electron chi connectivity index (χ3n) is 2.67. The Morgan fingerprint density at radius 3 is 2.56 bits per heavy atom. The van der Waals surface area contributed by atoms with E-state index in [9.17, 15) is 4.39 Å². The number of rotatable bonds is 5. The SMILES string of the molecule is CCC(CC)NCc1cc(F)cc(C#N)c1. The zero-order valence-electron chi connectivity index (χ0n) is 9.76. The first-order valence-electron chi connectivity index (χ1n) is 5.62. The summed E-state index contributed by atoms with van der Waals surface area (Å²) >= 11 is 0. The van der Waals surface area contributed by atoms with Gasteiger partial charge in [-0.05, 0) is 36.6 Å². The van der Waals surface area contributed by atoms with E-state index in [0.717, 1.165) is 18.4 Å². The summed E-state index contributed by atoms with van der Waals surface area (Å²) in [7, 11) is 0. The highest BCUT2D eigenvalue weighted by atomic mass is 19.1. The smallest absolute Gasteiger partial charge is 0.124 e. The second-order valence-electron chi connectivity index (χ2n) is 3.85. The average molecular weight is 220 g/mol. The molecule has 0 aromatic heterocycles. The molecule has 86 valence electrons. The molecule has 0 heterocycles. The summed E-state index contributed by atoms with van der Waals surface area (Å²) in [6, 6.07) is 6.85. The molecule has 0 aliphatic rings. The first-order valence-corrected chi connectivity index (χ1v) is 5.62. The maximum Gasteiger partial charge on any atom is 0.124 e. The van der Waals surface area contributed by atoms with Crippen molar-refractivity contribution < 1.29 is 4.39 Å². The van der Waals surface area contributed by atoms with E-state index in [1.54, 1.807) is 6.07 Å². The Kier molecular flexibility index (Phi) is 4.94. The summed E-state index contributed by atoms with van der Waals surface area (Å²) in [6.45, 7) is 4.85. The molecule has 0 fully saturated rings. The number of halogens is 1. The van der Waals surface area contributed by atoms with Crippen molar-refractivity contribution in [1.82, 2.24) is 5.32 Å². The summed E-state index contributed by atoms with van der Waals surface area (Å²) in [5, 5.41) is 12.1. The molecule has 1 aromatic carbocycles. The summed E-state index contributed by atoms with van der Waals surface area (Å²) in [5.74, 6) is -0.347. The summed E-state index contributed by atoms with van der Waals surface area (Å²) in [4.78, 5) is 0. The Hall–Kier alpha value is -1.40. The van der Waals surface area contributed by atoms with Gasteiger partial charge in [0.15, 0.2) is 0 Å². The molecule has 0 radical (unpaired) electrons. The Labute approximate surface area is 96.1 Å². The van der Waals surface area contributed by atoms with Crippen LogP contribution in [0.4, 0.5) is 4.39 Å². The van der Waals surface area contributed by atoms with Crippen LogP contribution >= 0.6 is 0 Å². The van der Waals surface area contributed by atoms with E-state index in [4.69, 9.17) is 5.26 Å². The summed E-state index contributed by atoms with van der Waals surface area (Å²) < 4.78 is 13.1. The minimum Gasteiger partial charge on any atom is -0.310 e. The molecule has 0 bridgehead atoms. The van der Waals surface area contributed by atoms with Gasteiger partial charge in [-0.1, -0.05) is 13.8 Å². The molecule has 0 saturated carbocycles. The van der Waals surface area contributed by atoms with Gasteiger partial charge in [0.25, 0.3) is 0 Å². The van der Waals surface area contributed by atoms with Crippen LogP contribution in [-0.2, 0) is 6.54 Å². The molecule has 0 spiro atoms. The predicted octanol–water partition coefficient (Wildman–Crippen LogP) is 2.98. The van der Waals surface area contributed by atoms with Crippen LogP contribution in [-0.4, -0.2) is 6.04 Å². The molecule has 1 N–H and O–H groups in total. The highest BCUT2D eigenvalue weighted by Gasteiger charge is 2.04. The Balaban J connectivity index is 2.67. The fraction of sp³-hybridized carbons (Fsp3) is 0.462.